The van der Waals surface area contributed by atoms with Crippen molar-refractivity contribution in [3.63, 3.8) is 0 Å². The van der Waals surface area contributed by atoms with Gasteiger partial charge in [0.1, 0.15) is 12.4 Å². The first kappa shape index (κ1) is 20.2. The van der Waals surface area contributed by atoms with Gasteiger partial charge in [0, 0.05) is 18.0 Å². The highest BCUT2D eigenvalue weighted by atomic mass is 16.5. The van der Waals surface area contributed by atoms with Gasteiger partial charge in [0.15, 0.2) is 5.78 Å². The predicted octanol–water partition coefficient (Wildman–Crippen LogP) is 5.03. The number of carbonyl (C=O) groups excluding carboxylic acids is 1. The molecule has 26 heavy (non-hydrogen) atoms. The molecular weight excluding hydrogens is 322 g/mol. The average Bonchev–Trinajstić information content (AvgIpc) is 2.66. The summed E-state index contributed by atoms with van der Waals surface area (Å²) in [5.41, 5.74) is 1.82. The van der Waals surface area contributed by atoms with Crippen LogP contribution in [0.2, 0.25) is 0 Å². The third kappa shape index (κ3) is 5.43. The first-order valence-corrected chi connectivity index (χ1v) is 9.61. The van der Waals surface area contributed by atoms with E-state index in [9.17, 15) is 4.79 Å². The van der Waals surface area contributed by atoms with Crippen molar-refractivity contribution >= 4 is 5.78 Å². The highest BCUT2D eigenvalue weighted by Crippen LogP contribution is 2.29. The molecule has 0 N–H and O–H groups in total. The number of hydrogen-bond donors (Lipinski definition) is 0. The van der Waals surface area contributed by atoms with Gasteiger partial charge in [-0.1, -0.05) is 58.0 Å². The highest BCUT2D eigenvalue weighted by Gasteiger charge is 2.25. The minimum atomic E-state index is -0.120. The lowest BCUT2D eigenvalue weighted by atomic mass is 9.82. The van der Waals surface area contributed by atoms with Crippen LogP contribution in [0.3, 0.4) is 0 Å². The van der Waals surface area contributed by atoms with Crippen molar-refractivity contribution in [2.75, 3.05) is 26.2 Å². The second-order valence-electron chi connectivity index (χ2n) is 6.90. The Bertz CT molecular complexity index is 660. The average molecular weight is 354 g/mol. The number of ether oxygens (including phenoxy) is 1. The normalized spacial score (nSPS) is 12.4. The summed E-state index contributed by atoms with van der Waals surface area (Å²) < 4.78 is 5.81. The van der Waals surface area contributed by atoms with Crippen LogP contribution in [0.5, 0.6) is 5.75 Å². The fourth-order valence-corrected chi connectivity index (χ4v) is 3.23. The standard InChI is InChI=1S/C23H31NO2/c1-5-24(6-2)16-17-26-21-14-12-20(13-15-21)23(25)22(18(3)4)19-10-8-7-9-11-19/h7-15,18,22H,5-6,16-17H2,1-4H3. The first-order chi connectivity index (χ1) is 12.6. The van der Waals surface area contributed by atoms with Crippen molar-refractivity contribution < 1.29 is 9.53 Å². The summed E-state index contributed by atoms with van der Waals surface area (Å²) in [6.45, 7) is 12.1. The summed E-state index contributed by atoms with van der Waals surface area (Å²) in [4.78, 5) is 15.4. The van der Waals surface area contributed by atoms with Gasteiger partial charge in [-0.05, 0) is 48.8 Å². The lowest BCUT2D eigenvalue weighted by molar-refractivity contribution is 0.0938. The second kappa shape index (κ2) is 10.1. The van der Waals surface area contributed by atoms with Crippen LogP contribution in [0.25, 0.3) is 0 Å². The monoisotopic (exact) mass is 353 g/mol. The second-order valence-corrected chi connectivity index (χ2v) is 6.90. The zero-order valence-corrected chi connectivity index (χ0v) is 16.4. The summed E-state index contributed by atoms with van der Waals surface area (Å²) in [6.07, 6.45) is 0. The van der Waals surface area contributed by atoms with Crippen molar-refractivity contribution in [1.29, 1.82) is 0 Å². The van der Waals surface area contributed by atoms with E-state index in [4.69, 9.17) is 4.74 Å². The smallest absolute Gasteiger partial charge is 0.170 e. The number of likely N-dealkylation sites (N-methyl/N-ethyl adjacent to an activating group) is 1. The molecule has 3 nitrogen and oxygen atoms in total. The van der Waals surface area contributed by atoms with Gasteiger partial charge in [-0.2, -0.15) is 0 Å². The number of rotatable bonds is 10. The van der Waals surface area contributed by atoms with E-state index in [1.165, 1.54) is 0 Å². The zero-order valence-electron chi connectivity index (χ0n) is 16.4. The third-order valence-corrected chi connectivity index (χ3v) is 4.82. The Hall–Kier alpha value is -2.13. The van der Waals surface area contributed by atoms with Crippen LogP contribution < -0.4 is 4.74 Å². The van der Waals surface area contributed by atoms with E-state index in [0.717, 1.165) is 36.5 Å². The minimum absolute atomic E-state index is 0.120. The van der Waals surface area contributed by atoms with Crippen molar-refractivity contribution in [3.8, 4) is 5.75 Å². The maximum Gasteiger partial charge on any atom is 0.170 e. The molecule has 0 aliphatic heterocycles. The fraction of sp³-hybridized carbons (Fsp3) is 0.435. The molecule has 3 heteroatoms. The first-order valence-electron chi connectivity index (χ1n) is 9.61. The quantitative estimate of drug-likeness (QED) is 0.561. The van der Waals surface area contributed by atoms with Gasteiger partial charge in [-0.15, -0.1) is 0 Å². The summed E-state index contributed by atoms with van der Waals surface area (Å²) in [7, 11) is 0. The van der Waals surface area contributed by atoms with Crippen LogP contribution in [0.1, 0.15) is 49.5 Å². The highest BCUT2D eigenvalue weighted by molar-refractivity contribution is 6.01. The molecular formula is C23H31NO2. The molecule has 0 aliphatic carbocycles. The Morgan fingerprint density at radius 1 is 0.962 bits per heavy atom. The Labute approximate surface area is 158 Å². The minimum Gasteiger partial charge on any atom is -0.492 e. The molecule has 0 amide bonds. The Morgan fingerprint density at radius 3 is 2.12 bits per heavy atom. The van der Waals surface area contributed by atoms with E-state index in [-0.39, 0.29) is 17.6 Å². The maximum atomic E-state index is 13.0. The zero-order chi connectivity index (χ0) is 18.9. The molecule has 2 aromatic carbocycles. The summed E-state index contributed by atoms with van der Waals surface area (Å²) in [6, 6.07) is 17.6. The predicted molar refractivity (Wildman–Crippen MR) is 108 cm³/mol. The van der Waals surface area contributed by atoms with Crippen LogP contribution in [-0.4, -0.2) is 36.9 Å². The van der Waals surface area contributed by atoms with Crippen molar-refractivity contribution in [2.45, 2.75) is 33.6 Å². The van der Waals surface area contributed by atoms with Gasteiger partial charge in [0.25, 0.3) is 0 Å². The molecule has 2 rings (SSSR count). The maximum absolute atomic E-state index is 13.0. The molecule has 0 saturated heterocycles. The molecule has 2 aromatic rings. The van der Waals surface area contributed by atoms with E-state index in [2.05, 4.69) is 32.6 Å². The summed E-state index contributed by atoms with van der Waals surface area (Å²) in [5, 5.41) is 0. The Balaban J connectivity index is 2.03. The van der Waals surface area contributed by atoms with Crippen LogP contribution in [0.4, 0.5) is 0 Å². The van der Waals surface area contributed by atoms with E-state index >= 15 is 0 Å². The van der Waals surface area contributed by atoms with Crippen molar-refractivity contribution in [2.24, 2.45) is 5.92 Å². The van der Waals surface area contributed by atoms with E-state index in [0.29, 0.717) is 6.61 Å². The molecule has 1 atom stereocenters. The number of hydrogen-bond acceptors (Lipinski definition) is 3. The molecule has 1 unspecified atom stereocenters. The van der Waals surface area contributed by atoms with Gasteiger partial charge in [-0.3, -0.25) is 4.79 Å². The van der Waals surface area contributed by atoms with Gasteiger partial charge in [-0.25, -0.2) is 0 Å². The van der Waals surface area contributed by atoms with Crippen LogP contribution in [0.15, 0.2) is 54.6 Å². The molecule has 0 spiro atoms. The molecule has 0 saturated carbocycles. The molecule has 0 aromatic heterocycles. The summed E-state index contributed by atoms with van der Waals surface area (Å²) in [5.74, 6) is 1.11. The largest absolute Gasteiger partial charge is 0.492 e. The van der Waals surface area contributed by atoms with Crippen LogP contribution in [-0.2, 0) is 0 Å². The molecule has 0 aliphatic rings. The van der Waals surface area contributed by atoms with E-state index < -0.39 is 0 Å². The van der Waals surface area contributed by atoms with Crippen LogP contribution >= 0.6 is 0 Å². The molecule has 0 radical (unpaired) electrons. The molecule has 0 fully saturated rings. The van der Waals surface area contributed by atoms with Gasteiger partial charge >= 0.3 is 0 Å². The lowest BCUT2D eigenvalue weighted by Crippen LogP contribution is -2.27. The number of nitrogens with zero attached hydrogens (tertiary/aromatic N) is 1. The molecule has 0 bridgehead atoms. The molecule has 140 valence electrons. The fourth-order valence-electron chi connectivity index (χ4n) is 3.23. The lowest BCUT2D eigenvalue weighted by Gasteiger charge is -2.20. The topological polar surface area (TPSA) is 29.5 Å². The van der Waals surface area contributed by atoms with Gasteiger partial charge in [0.05, 0.1) is 0 Å². The van der Waals surface area contributed by atoms with Crippen molar-refractivity contribution in [3.05, 3.63) is 65.7 Å². The number of benzene rings is 2. The Morgan fingerprint density at radius 2 is 1.58 bits per heavy atom. The third-order valence-electron chi connectivity index (χ3n) is 4.82. The molecule has 0 heterocycles. The number of Topliss-reactive ketones (excluding diaryl/α,β-unsaturated/α-hetero) is 1. The van der Waals surface area contributed by atoms with Gasteiger partial charge in [0.2, 0.25) is 0 Å². The van der Waals surface area contributed by atoms with Crippen LogP contribution in [0, 0.1) is 5.92 Å². The number of ketones is 1. The van der Waals surface area contributed by atoms with E-state index in [1.807, 2.05) is 54.6 Å². The summed E-state index contributed by atoms with van der Waals surface area (Å²) >= 11 is 0. The SMILES string of the molecule is CCN(CC)CCOc1ccc(C(=O)C(c2ccccc2)C(C)C)cc1. The van der Waals surface area contributed by atoms with E-state index in [1.54, 1.807) is 0 Å². The van der Waals surface area contributed by atoms with Crippen molar-refractivity contribution in [1.82, 2.24) is 4.90 Å². The number of carbonyl (C=O) groups is 1. The Kier molecular flexibility index (Phi) is 7.86. The van der Waals surface area contributed by atoms with Gasteiger partial charge < -0.3 is 9.64 Å².